The maximum atomic E-state index is 12.0. The Hall–Kier alpha value is -2.05. The van der Waals surface area contributed by atoms with Crippen LogP contribution in [0.3, 0.4) is 0 Å². The van der Waals surface area contributed by atoms with Crippen LogP contribution >= 0.6 is 0 Å². The molecule has 20 heavy (non-hydrogen) atoms. The van der Waals surface area contributed by atoms with Gasteiger partial charge >= 0.3 is 12.0 Å². The molecule has 7 nitrogen and oxygen atoms in total. The van der Waals surface area contributed by atoms with Crippen LogP contribution < -0.4 is 5.32 Å². The summed E-state index contributed by atoms with van der Waals surface area (Å²) < 4.78 is 5.37. The van der Waals surface area contributed by atoms with Gasteiger partial charge in [0.1, 0.15) is 5.76 Å². The van der Waals surface area contributed by atoms with Gasteiger partial charge in [0.15, 0.2) is 0 Å². The molecule has 2 rings (SSSR count). The number of aromatic nitrogens is 1. The lowest BCUT2D eigenvalue weighted by Gasteiger charge is -2.15. The van der Waals surface area contributed by atoms with E-state index in [1.54, 1.807) is 0 Å². The number of likely N-dealkylation sites (tertiary alicyclic amines) is 1. The highest BCUT2D eigenvalue weighted by Gasteiger charge is 2.36. The number of carboxylic acids is 1. The first-order valence-electron chi connectivity index (χ1n) is 6.57. The highest BCUT2D eigenvalue weighted by Crippen LogP contribution is 2.23. The third kappa shape index (κ3) is 2.92. The highest BCUT2D eigenvalue weighted by molar-refractivity contribution is 5.77. The van der Waals surface area contributed by atoms with Crippen molar-refractivity contribution in [2.75, 3.05) is 13.1 Å². The van der Waals surface area contributed by atoms with Gasteiger partial charge in [0, 0.05) is 13.1 Å². The third-order valence-corrected chi connectivity index (χ3v) is 3.68. The van der Waals surface area contributed by atoms with E-state index in [0.717, 1.165) is 11.5 Å². The molecule has 1 aliphatic heterocycles. The molecule has 1 aliphatic rings. The molecule has 0 saturated carbocycles. The molecule has 0 unspecified atom stereocenters. The summed E-state index contributed by atoms with van der Waals surface area (Å²) in [6.45, 7) is 6.39. The van der Waals surface area contributed by atoms with Gasteiger partial charge in [-0.1, -0.05) is 6.92 Å². The lowest BCUT2D eigenvalue weighted by atomic mass is 9.99. The number of carbonyl (C=O) groups is 2. The fourth-order valence-electron chi connectivity index (χ4n) is 2.33. The molecule has 2 N–H and O–H groups in total. The van der Waals surface area contributed by atoms with Crippen molar-refractivity contribution in [2.45, 2.75) is 27.3 Å². The van der Waals surface area contributed by atoms with Gasteiger partial charge in [0.25, 0.3) is 0 Å². The first kappa shape index (κ1) is 14.4. The standard InChI is InChI=1S/C13H19N3O4/c1-7-5-16(6-10(7)12(17)18)13(19)14-4-11-15-8(2)9(3)20-11/h7,10H,4-6H2,1-3H3,(H,14,19)(H,17,18)/t7-,10-/m1/s1. The number of oxazole rings is 1. The van der Waals surface area contributed by atoms with Crippen molar-refractivity contribution in [3.05, 3.63) is 17.3 Å². The van der Waals surface area contributed by atoms with Crippen molar-refractivity contribution in [1.82, 2.24) is 15.2 Å². The molecule has 110 valence electrons. The highest BCUT2D eigenvalue weighted by atomic mass is 16.4. The average Bonchev–Trinajstić information content (AvgIpc) is 2.91. The maximum Gasteiger partial charge on any atom is 0.317 e. The first-order valence-corrected chi connectivity index (χ1v) is 6.57. The lowest BCUT2D eigenvalue weighted by Crippen LogP contribution is -2.38. The summed E-state index contributed by atoms with van der Waals surface area (Å²) in [7, 11) is 0. The van der Waals surface area contributed by atoms with Gasteiger partial charge in [-0.25, -0.2) is 9.78 Å². The van der Waals surface area contributed by atoms with Gasteiger partial charge in [0.2, 0.25) is 5.89 Å². The molecule has 2 heterocycles. The lowest BCUT2D eigenvalue weighted by molar-refractivity contribution is -0.142. The summed E-state index contributed by atoms with van der Waals surface area (Å²) in [6.07, 6.45) is 0. The van der Waals surface area contributed by atoms with Crippen molar-refractivity contribution < 1.29 is 19.1 Å². The predicted molar refractivity (Wildman–Crippen MR) is 70.1 cm³/mol. The van der Waals surface area contributed by atoms with Crippen LogP contribution in [-0.2, 0) is 11.3 Å². The number of nitrogens with zero attached hydrogens (tertiary/aromatic N) is 2. The van der Waals surface area contributed by atoms with Crippen molar-refractivity contribution >= 4 is 12.0 Å². The molecule has 0 aromatic carbocycles. The van der Waals surface area contributed by atoms with E-state index in [1.165, 1.54) is 4.90 Å². The molecule has 1 fully saturated rings. The van der Waals surface area contributed by atoms with Crippen LogP contribution in [0.2, 0.25) is 0 Å². The molecular weight excluding hydrogens is 262 g/mol. The van der Waals surface area contributed by atoms with Gasteiger partial charge in [-0.2, -0.15) is 0 Å². The Balaban J connectivity index is 1.88. The molecule has 1 aromatic rings. The molecule has 1 aromatic heterocycles. The number of hydrogen-bond donors (Lipinski definition) is 2. The smallest absolute Gasteiger partial charge is 0.317 e. The normalized spacial score (nSPS) is 22.1. The minimum Gasteiger partial charge on any atom is -0.481 e. The number of amides is 2. The van der Waals surface area contributed by atoms with Crippen LogP contribution in [0, 0.1) is 25.7 Å². The Kier molecular flexibility index (Phi) is 3.96. The number of hydrogen-bond acceptors (Lipinski definition) is 4. The number of rotatable bonds is 3. The van der Waals surface area contributed by atoms with E-state index in [9.17, 15) is 9.59 Å². The van der Waals surface area contributed by atoms with Crippen LogP contribution in [0.25, 0.3) is 0 Å². The Morgan fingerprint density at radius 3 is 2.65 bits per heavy atom. The summed E-state index contributed by atoms with van der Waals surface area (Å²) in [4.78, 5) is 28.7. The number of carboxylic acid groups (broad SMARTS) is 1. The zero-order valence-corrected chi connectivity index (χ0v) is 11.8. The monoisotopic (exact) mass is 281 g/mol. The first-order chi connectivity index (χ1) is 9.38. The molecule has 2 amide bonds. The van der Waals surface area contributed by atoms with Gasteiger partial charge in [0.05, 0.1) is 18.2 Å². The topological polar surface area (TPSA) is 95.7 Å². The summed E-state index contributed by atoms with van der Waals surface area (Å²) in [5, 5.41) is 11.7. The van der Waals surface area contributed by atoms with Crippen LogP contribution in [0.15, 0.2) is 4.42 Å². The molecule has 2 atom stereocenters. The second-order valence-corrected chi connectivity index (χ2v) is 5.23. The number of aryl methyl sites for hydroxylation is 2. The van der Waals surface area contributed by atoms with Crippen molar-refractivity contribution in [2.24, 2.45) is 11.8 Å². The van der Waals surface area contributed by atoms with Crippen LogP contribution in [0.5, 0.6) is 0 Å². The summed E-state index contributed by atoms with van der Waals surface area (Å²) in [5.74, 6) is -0.200. The van der Waals surface area contributed by atoms with Crippen LogP contribution in [-0.4, -0.2) is 40.1 Å². The minimum atomic E-state index is -0.855. The molecular formula is C13H19N3O4. The largest absolute Gasteiger partial charge is 0.481 e. The fraction of sp³-hybridized carbons (Fsp3) is 0.615. The van der Waals surface area contributed by atoms with E-state index in [1.807, 2.05) is 20.8 Å². The zero-order chi connectivity index (χ0) is 14.9. The number of urea groups is 1. The molecule has 0 radical (unpaired) electrons. The summed E-state index contributed by atoms with van der Waals surface area (Å²) in [6, 6.07) is -0.283. The van der Waals surface area contributed by atoms with E-state index in [-0.39, 0.29) is 25.0 Å². The Morgan fingerprint density at radius 2 is 2.15 bits per heavy atom. The van der Waals surface area contributed by atoms with Crippen molar-refractivity contribution in [3.8, 4) is 0 Å². The second-order valence-electron chi connectivity index (χ2n) is 5.23. The molecule has 1 saturated heterocycles. The van der Waals surface area contributed by atoms with E-state index in [2.05, 4.69) is 10.3 Å². The minimum absolute atomic E-state index is 0.0375. The van der Waals surface area contributed by atoms with Gasteiger partial charge in [-0.3, -0.25) is 4.79 Å². The number of aliphatic carboxylic acids is 1. The molecule has 7 heteroatoms. The average molecular weight is 281 g/mol. The van der Waals surface area contributed by atoms with E-state index >= 15 is 0 Å². The molecule has 0 spiro atoms. The Morgan fingerprint density at radius 1 is 1.45 bits per heavy atom. The maximum absolute atomic E-state index is 12.0. The van der Waals surface area contributed by atoms with E-state index in [4.69, 9.17) is 9.52 Å². The third-order valence-electron chi connectivity index (χ3n) is 3.68. The molecule has 0 bridgehead atoms. The van der Waals surface area contributed by atoms with Gasteiger partial charge < -0.3 is 19.7 Å². The van der Waals surface area contributed by atoms with E-state index in [0.29, 0.717) is 12.4 Å². The van der Waals surface area contributed by atoms with Gasteiger partial charge in [-0.05, 0) is 19.8 Å². The zero-order valence-electron chi connectivity index (χ0n) is 11.8. The fourth-order valence-corrected chi connectivity index (χ4v) is 2.33. The Labute approximate surface area is 117 Å². The van der Waals surface area contributed by atoms with Crippen molar-refractivity contribution in [1.29, 1.82) is 0 Å². The number of nitrogens with one attached hydrogen (secondary N) is 1. The van der Waals surface area contributed by atoms with Crippen molar-refractivity contribution in [3.63, 3.8) is 0 Å². The predicted octanol–water partition coefficient (Wildman–Crippen LogP) is 1.15. The Bertz CT molecular complexity index is 506. The second kappa shape index (κ2) is 5.52. The number of carbonyl (C=O) groups excluding carboxylic acids is 1. The van der Waals surface area contributed by atoms with Crippen LogP contribution in [0.1, 0.15) is 24.3 Å². The summed E-state index contributed by atoms with van der Waals surface area (Å²) in [5.41, 5.74) is 0.801. The SMILES string of the molecule is Cc1nc(CNC(=O)N2C[C@@H](C)[C@H](C(=O)O)C2)oc1C. The van der Waals surface area contributed by atoms with Crippen LogP contribution in [0.4, 0.5) is 4.79 Å². The van der Waals surface area contributed by atoms with E-state index < -0.39 is 11.9 Å². The summed E-state index contributed by atoms with van der Waals surface area (Å²) >= 11 is 0. The molecule has 0 aliphatic carbocycles. The van der Waals surface area contributed by atoms with Gasteiger partial charge in [-0.15, -0.1) is 0 Å². The quantitative estimate of drug-likeness (QED) is 0.866.